The number of benzene rings is 2. The minimum atomic E-state index is 0.00881. The summed E-state index contributed by atoms with van der Waals surface area (Å²) in [6.45, 7) is 4.41. The molecule has 0 bridgehead atoms. The molecule has 132 valence electrons. The normalized spacial score (nSPS) is 15.0. The number of nitrogens with zero attached hydrogens (tertiary/aromatic N) is 1. The first kappa shape index (κ1) is 17.3. The quantitative estimate of drug-likeness (QED) is 0.890. The molecule has 5 heteroatoms. The average Bonchev–Trinajstić information content (AvgIpc) is 2.68. The van der Waals surface area contributed by atoms with Crippen molar-refractivity contribution in [3.05, 3.63) is 59.7 Å². The van der Waals surface area contributed by atoms with E-state index >= 15 is 0 Å². The molecule has 0 atom stereocenters. The largest absolute Gasteiger partial charge is 0.493 e. The van der Waals surface area contributed by atoms with Crippen LogP contribution in [0.15, 0.2) is 48.5 Å². The van der Waals surface area contributed by atoms with Gasteiger partial charge in [-0.15, -0.1) is 0 Å². The van der Waals surface area contributed by atoms with Gasteiger partial charge in [0, 0.05) is 5.56 Å². The predicted octanol–water partition coefficient (Wildman–Crippen LogP) is 1.24. The minimum Gasteiger partial charge on any atom is -0.493 e. The third-order valence-electron chi connectivity index (χ3n) is 4.69. The lowest BCUT2D eigenvalue weighted by molar-refractivity contribution is -0.917. The molecule has 3 rings (SSSR count). The number of nitrogens with one attached hydrogen (secondary N) is 1. The molecule has 0 radical (unpaired) electrons. The molecule has 0 spiro atoms. The molecular weight excluding hydrogens is 316 g/mol. The summed E-state index contributed by atoms with van der Waals surface area (Å²) in [6.07, 6.45) is 0. The van der Waals surface area contributed by atoms with Gasteiger partial charge < -0.3 is 19.3 Å². The number of quaternary nitrogens is 1. The third kappa shape index (κ3) is 3.94. The summed E-state index contributed by atoms with van der Waals surface area (Å²) in [5.74, 6) is 1.10. The van der Waals surface area contributed by atoms with E-state index in [0.717, 1.165) is 32.7 Å². The lowest BCUT2D eigenvalue weighted by Gasteiger charge is -2.32. The van der Waals surface area contributed by atoms with E-state index in [2.05, 4.69) is 24.3 Å². The second-order valence-electron chi connectivity index (χ2n) is 6.25. The number of para-hydroxylation sites is 1. The molecule has 25 heavy (non-hydrogen) atoms. The van der Waals surface area contributed by atoms with Crippen LogP contribution in [0.2, 0.25) is 0 Å². The van der Waals surface area contributed by atoms with Crippen molar-refractivity contribution in [1.29, 1.82) is 0 Å². The van der Waals surface area contributed by atoms with Crippen LogP contribution in [-0.2, 0) is 6.54 Å². The summed E-state index contributed by atoms with van der Waals surface area (Å²) in [5.41, 5.74) is 1.90. The van der Waals surface area contributed by atoms with Gasteiger partial charge in [-0.1, -0.05) is 36.4 Å². The third-order valence-corrected chi connectivity index (χ3v) is 4.69. The van der Waals surface area contributed by atoms with Gasteiger partial charge in [0.15, 0.2) is 11.5 Å². The van der Waals surface area contributed by atoms with Gasteiger partial charge in [-0.25, -0.2) is 0 Å². The second kappa shape index (κ2) is 8.03. The lowest BCUT2D eigenvalue weighted by atomic mass is 10.1. The van der Waals surface area contributed by atoms with Crippen molar-refractivity contribution in [2.24, 2.45) is 0 Å². The Morgan fingerprint density at radius 2 is 1.72 bits per heavy atom. The Labute approximate surface area is 148 Å². The summed E-state index contributed by atoms with van der Waals surface area (Å²) in [6, 6.07) is 15.9. The molecule has 1 aliphatic rings. The van der Waals surface area contributed by atoms with E-state index in [1.54, 1.807) is 26.4 Å². The van der Waals surface area contributed by atoms with E-state index in [-0.39, 0.29) is 5.91 Å². The number of rotatable bonds is 5. The summed E-state index contributed by atoms with van der Waals surface area (Å²) < 4.78 is 10.7. The molecule has 0 aliphatic carbocycles. The van der Waals surface area contributed by atoms with Crippen LogP contribution >= 0.6 is 0 Å². The molecule has 0 aromatic heterocycles. The maximum absolute atomic E-state index is 12.9. The summed E-state index contributed by atoms with van der Waals surface area (Å²) >= 11 is 0. The smallest absolute Gasteiger partial charge is 0.258 e. The van der Waals surface area contributed by atoms with Gasteiger partial charge in [-0.05, 0) is 12.1 Å². The van der Waals surface area contributed by atoms with Gasteiger partial charge >= 0.3 is 0 Å². The Bertz CT molecular complexity index is 710. The van der Waals surface area contributed by atoms with E-state index in [1.165, 1.54) is 10.5 Å². The average molecular weight is 341 g/mol. The molecule has 0 unspecified atom stereocenters. The Morgan fingerprint density at radius 3 is 2.36 bits per heavy atom. The van der Waals surface area contributed by atoms with Gasteiger partial charge in [-0.3, -0.25) is 4.79 Å². The highest BCUT2D eigenvalue weighted by Gasteiger charge is 2.27. The molecule has 1 fully saturated rings. The number of carbonyl (C=O) groups excluding carboxylic acids is 1. The maximum atomic E-state index is 12.9. The molecule has 1 heterocycles. The van der Waals surface area contributed by atoms with Gasteiger partial charge in [0.1, 0.15) is 6.54 Å². The minimum absolute atomic E-state index is 0.00881. The highest BCUT2D eigenvalue weighted by Crippen LogP contribution is 2.31. The van der Waals surface area contributed by atoms with Crippen molar-refractivity contribution < 1.29 is 19.2 Å². The van der Waals surface area contributed by atoms with Gasteiger partial charge in [0.05, 0.1) is 46.0 Å². The van der Waals surface area contributed by atoms with Gasteiger partial charge in [0.25, 0.3) is 5.91 Å². The topological polar surface area (TPSA) is 43.2 Å². The van der Waals surface area contributed by atoms with Gasteiger partial charge in [0.2, 0.25) is 0 Å². The highest BCUT2D eigenvalue weighted by atomic mass is 16.5. The first-order valence-electron chi connectivity index (χ1n) is 8.60. The van der Waals surface area contributed by atoms with Crippen LogP contribution in [0.3, 0.4) is 0 Å². The molecule has 2 aromatic carbocycles. The summed E-state index contributed by atoms with van der Waals surface area (Å²) in [5, 5.41) is 0. The zero-order valence-corrected chi connectivity index (χ0v) is 14.8. The van der Waals surface area contributed by atoms with E-state index in [0.29, 0.717) is 17.1 Å². The van der Waals surface area contributed by atoms with Crippen LogP contribution in [0.25, 0.3) is 0 Å². The molecule has 1 saturated heterocycles. The van der Waals surface area contributed by atoms with Crippen LogP contribution in [0.5, 0.6) is 11.5 Å². The maximum Gasteiger partial charge on any atom is 0.258 e. The predicted molar refractivity (Wildman–Crippen MR) is 96.3 cm³/mol. The number of methoxy groups -OCH3 is 2. The highest BCUT2D eigenvalue weighted by molar-refractivity contribution is 5.97. The molecule has 1 N–H and O–H groups in total. The Kier molecular flexibility index (Phi) is 5.56. The van der Waals surface area contributed by atoms with Crippen LogP contribution in [-0.4, -0.2) is 51.2 Å². The van der Waals surface area contributed by atoms with Crippen LogP contribution < -0.4 is 14.4 Å². The molecule has 1 amide bonds. The molecule has 2 aromatic rings. The summed E-state index contributed by atoms with van der Waals surface area (Å²) in [4.78, 5) is 16.3. The first-order valence-corrected chi connectivity index (χ1v) is 8.60. The SMILES string of the molecule is COc1cccc(C(=O)N2CC[NH+](Cc3ccccc3)CC2)c1OC. The second-order valence-corrected chi connectivity index (χ2v) is 6.25. The number of ether oxygens (including phenoxy) is 2. The van der Waals surface area contributed by atoms with Crippen molar-refractivity contribution >= 4 is 5.91 Å². The fraction of sp³-hybridized carbons (Fsp3) is 0.350. The van der Waals surface area contributed by atoms with E-state index < -0.39 is 0 Å². The Morgan fingerprint density at radius 1 is 1.00 bits per heavy atom. The first-order chi connectivity index (χ1) is 12.2. The van der Waals surface area contributed by atoms with Crippen molar-refractivity contribution in [2.75, 3.05) is 40.4 Å². The van der Waals surface area contributed by atoms with Crippen LogP contribution in [0.4, 0.5) is 0 Å². The molecule has 5 nitrogen and oxygen atoms in total. The number of carbonyl (C=O) groups is 1. The van der Waals surface area contributed by atoms with E-state index in [4.69, 9.17) is 9.47 Å². The van der Waals surface area contributed by atoms with Crippen LogP contribution in [0, 0.1) is 0 Å². The number of amides is 1. The number of hydrogen-bond acceptors (Lipinski definition) is 3. The van der Waals surface area contributed by atoms with Crippen molar-refractivity contribution in [3.8, 4) is 11.5 Å². The van der Waals surface area contributed by atoms with E-state index in [9.17, 15) is 4.79 Å². The Balaban J connectivity index is 1.64. The van der Waals surface area contributed by atoms with Gasteiger partial charge in [-0.2, -0.15) is 0 Å². The molecule has 0 saturated carbocycles. The van der Waals surface area contributed by atoms with E-state index in [1.807, 2.05) is 17.0 Å². The fourth-order valence-electron chi connectivity index (χ4n) is 3.31. The number of hydrogen-bond donors (Lipinski definition) is 1. The zero-order chi connectivity index (χ0) is 17.6. The monoisotopic (exact) mass is 341 g/mol. The molecule has 1 aliphatic heterocycles. The fourth-order valence-corrected chi connectivity index (χ4v) is 3.31. The summed E-state index contributed by atoms with van der Waals surface area (Å²) in [7, 11) is 3.15. The zero-order valence-electron chi connectivity index (χ0n) is 14.8. The van der Waals surface area contributed by atoms with Crippen LogP contribution in [0.1, 0.15) is 15.9 Å². The van der Waals surface area contributed by atoms with Crippen molar-refractivity contribution in [3.63, 3.8) is 0 Å². The lowest BCUT2D eigenvalue weighted by Crippen LogP contribution is -3.13. The van der Waals surface area contributed by atoms with Crippen molar-refractivity contribution in [2.45, 2.75) is 6.54 Å². The standard InChI is InChI=1S/C20H24N2O3/c1-24-18-10-6-9-17(19(18)25-2)20(23)22-13-11-21(12-14-22)15-16-7-4-3-5-8-16/h3-10H,11-15H2,1-2H3/p+1. The molecular formula is C20H25N2O3+. The number of piperazine rings is 1. The Hall–Kier alpha value is -2.53. The van der Waals surface area contributed by atoms with Crippen molar-refractivity contribution in [1.82, 2.24) is 4.90 Å².